The molecule has 0 spiro atoms. The van der Waals surface area contributed by atoms with Crippen LogP contribution in [0.15, 0.2) is 70.6 Å². The average molecular weight is 334 g/mol. The molecule has 0 aromatic heterocycles. The second kappa shape index (κ2) is 9.87. The molecule has 0 radical (unpaired) electrons. The first-order valence-electron chi connectivity index (χ1n) is 8.94. The average Bonchev–Trinajstić information content (AvgIpc) is 3.12. The molecule has 4 heteroatoms. The molecule has 0 bridgehead atoms. The van der Waals surface area contributed by atoms with Gasteiger partial charge in [0.05, 0.1) is 19.8 Å². The van der Waals surface area contributed by atoms with Gasteiger partial charge in [-0.15, -0.1) is 0 Å². The van der Waals surface area contributed by atoms with Crippen molar-refractivity contribution in [3.63, 3.8) is 0 Å². The van der Waals surface area contributed by atoms with Crippen LogP contribution < -0.4 is 0 Å². The summed E-state index contributed by atoms with van der Waals surface area (Å²) >= 11 is 0. The van der Waals surface area contributed by atoms with Crippen molar-refractivity contribution in [1.29, 1.82) is 0 Å². The highest BCUT2D eigenvalue weighted by atomic mass is 15.4. The highest BCUT2D eigenvalue weighted by molar-refractivity contribution is 5.79. The number of hydrogen-bond acceptors (Lipinski definition) is 4. The van der Waals surface area contributed by atoms with Gasteiger partial charge in [-0.1, -0.05) is 60.7 Å². The second-order valence-corrected chi connectivity index (χ2v) is 6.27. The van der Waals surface area contributed by atoms with Gasteiger partial charge in [0.15, 0.2) is 0 Å². The van der Waals surface area contributed by atoms with E-state index in [1.165, 1.54) is 11.1 Å². The molecule has 130 valence electrons. The predicted molar refractivity (Wildman–Crippen MR) is 106 cm³/mol. The highest BCUT2D eigenvalue weighted by Gasteiger charge is 2.18. The molecule has 0 aliphatic carbocycles. The Morgan fingerprint density at radius 2 is 1.12 bits per heavy atom. The van der Waals surface area contributed by atoms with Gasteiger partial charge in [0.1, 0.15) is 0 Å². The van der Waals surface area contributed by atoms with Crippen LogP contribution in [0.3, 0.4) is 0 Å². The third-order valence-corrected chi connectivity index (χ3v) is 4.30. The normalized spacial score (nSPS) is 16.3. The summed E-state index contributed by atoms with van der Waals surface area (Å²) in [6.07, 6.45) is 3.93. The Bertz CT molecular complexity index is 607. The first-order valence-corrected chi connectivity index (χ1v) is 8.94. The minimum absolute atomic E-state index is 0.856. The molecule has 2 aromatic carbocycles. The lowest BCUT2D eigenvalue weighted by molar-refractivity contribution is 0.255. The standard InChI is InChI=1S/C21H26N4/c1-3-7-20(8-4-1)17-22-11-13-24-15-16-25(19-24)14-12-23-18-21-9-5-2-6-10-21/h1-10,17-18H,11-16,19H2/b22-17+,23-18+. The second-order valence-electron chi connectivity index (χ2n) is 6.27. The lowest BCUT2D eigenvalue weighted by Gasteiger charge is -2.16. The van der Waals surface area contributed by atoms with E-state index in [4.69, 9.17) is 0 Å². The van der Waals surface area contributed by atoms with E-state index in [1.807, 2.05) is 48.8 Å². The molecule has 0 saturated carbocycles. The molecule has 1 saturated heterocycles. The smallest absolute Gasteiger partial charge is 0.0517 e. The van der Waals surface area contributed by atoms with Gasteiger partial charge in [-0.25, -0.2) is 0 Å². The summed E-state index contributed by atoms with van der Waals surface area (Å²) in [5.74, 6) is 0. The number of nitrogens with zero attached hydrogens (tertiary/aromatic N) is 4. The molecule has 0 N–H and O–H groups in total. The molecule has 0 amide bonds. The fraction of sp³-hybridized carbons (Fsp3) is 0.333. The van der Waals surface area contributed by atoms with Crippen LogP contribution in [-0.2, 0) is 0 Å². The van der Waals surface area contributed by atoms with Crippen molar-refractivity contribution in [1.82, 2.24) is 9.80 Å². The summed E-state index contributed by atoms with van der Waals surface area (Å²) in [6.45, 7) is 7.04. The van der Waals surface area contributed by atoms with Crippen molar-refractivity contribution in [3.8, 4) is 0 Å². The number of rotatable bonds is 8. The molecule has 1 fully saturated rings. The zero-order valence-electron chi connectivity index (χ0n) is 14.7. The van der Waals surface area contributed by atoms with Crippen LogP contribution in [-0.4, -0.2) is 68.2 Å². The first-order chi connectivity index (χ1) is 12.4. The Kier molecular flexibility index (Phi) is 6.91. The fourth-order valence-corrected chi connectivity index (χ4v) is 2.89. The summed E-state index contributed by atoms with van der Waals surface area (Å²) in [6, 6.07) is 20.5. The summed E-state index contributed by atoms with van der Waals surface area (Å²) in [4.78, 5) is 14.0. The van der Waals surface area contributed by atoms with Crippen molar-refractivity contribution in [2.75, 3.05) is 45.9 Å². The predicted octanol–water partition coefficient (Wildman–Crippen LogP) is 2.80. The minimum Gasteiger partial charge on any atom is -0.291 e. The Morgan fingerprint density at radius 1 is 0.680 bits per heavy atom. The monoisotopic (exact) mass is 334 g/mol. The molecule has 1 aliphatic rings. The number of aliphatic imine (C=N–C) groups is 2. The lowest BCUT2D eigenvalue weighted by Crippen LogP contribution is -2.29. The van der Waals surface area contributed by atoms with E-state index in [-0.39, 0.29) is 0 Å². The quantitative estimate of drug-likeness (QED) is 0.695. The summed E-state index contributed by atoms with van der Waals surface area (Å²) in [5.41, 5.74) is 2.34. The third kappa shape index (κ3) is 6.25. The van der Waals surface area contributed by atoms with Crippen LogP contribution in [0.4, 0.5) is 0 Å². The first kappa shape index (κ1) is 17.5. The van der Waals surface area contributed by atoms with E-state index in [0.717, 1.165) is 45.9 Å². The van der Waals surface area contributed by atoms with Crippen molar-refractivity contribution in [3.05, 3.63) is 71.8 Å². The lowest BCUT2D eigenvalue weighted by atomic mass is 10.2. The molecule has 4 nitrogen and oxygen atoms in total. The Labute approximate surface area is 150 Å². The fourth-order valence-electron chi connectivity index (χ4n) is 2.89. The van der Waals surface area contributed by atoms with Crippen LogP contribution in [0.5, 0.6) is 0 Å². The molecule has 0 atom stereocenters. The topological polar surface area (TPSA) is 31.2 Å². The third-order valence-electron chi connectivity index (χ3n) is 4.30. The Hall–Kier alpha value is -2.30. The SMILES string of the molecule is C(=N\CCN1CCN(CC/N=C/c2ccccc2)C1)/c1ccccc1. The molecule has 2 aromatic rings. The van der Waals surface area contributed by atoms with E-state index < -0.39 is 0 Å². The van der Waals surface area contributed by atoms with Crippen molar-refractivity contribution >= 4 is 12.4 Å². The molecular formula is C21H26N4. The van der Waals surface area contributed by atoms with Crippen molar-refractivity contribution in [2.45, 2.75) is 0 Å². The largest absolute Gasteiger partial charge is 0.291 e. The molecule has 3 rings (SSSR count). The van der Waals surface area contributed by atoms with Crippen molar-refractivity contribution < 1.29 is 0 Å². The summed E-state index contributed by atoms with van der Waals surface area (Å²) in [7, 11) is 0. The van der Waals surface area contributed by atoms with Gasteiger partial charge in [-0.05, 0) is 11.1 Å². The van der Waals surface area contributed by atoms with Gasteiger partial charge < -0.3 is 0 Å². The molecule has 25 heavy (non-hydrogen) atoms. The van der Waals surface area contributed by atoms with E-state index in [9.17, 15) is 0 Å². The van der Waals surface area contributed by atoms with Gasteiger partial charge in [0.25, 0.3) is 0 Å². The molecular weight excluding hydrogens is 308 g/mol. The van der Waals surface area contributed by atoms with Crippen LogP contribution in [0, 0.1) is 0 Å². The van der Waals surface area contributed by atoms with E-state index in [2.05, 4.69) is 44.1 Å². The maximum Gasteiger partial charge on any atom is 0.0517 e. The van der Waals surface area contributed by atoms with E-state index in [1.54, 1.807) is 0 Å². The van der Waals surface area contributed by atoms with E-state index >= 15 is 0 Å². The van der Waals surface area contributed by atoms with Gasteiger partial charge >= 0.3 is 0 Å². The summed E-state index contributed by atoms with van der Waals surface area (Å²) in [5, 5.41) is 0. The maximum absolute atomic E-state index is 4.53. The Morgan fingerprint density at radius 3 is 1.56 bits per heavy atom. The molecule has 1 aliphatic heterocycles. The van der Waals surface area contributed by atoms with Crippen LogP contribution in [0.1, 0.15) is 11.1 Å². The summed E-state index contributed by atoms with van der Waals surface area (Å²) < 4.78 is 0. The van der Waals surface area contributed by atoms with Gasteiger partial charge in [0.2, 0.25) is 0 Å². The molecule has 1 heterocycles. The zero-order valence-corrected chi connectivity index (χ0v) is 14.7. The molecule has 0 unspecified atom stereocenters. The number of hydrogen-bond donors (Lipinski definition) is 0. The van der Waals surface area contributed by atoms with Crippen LogP contribution >= 0.6 is 0 Å². The minimum atomic E-state index is 0.856. The van der Waals surface area contributed by atoms with Gasteiger partial charge in [0, 0.05) is 38.6 Å². The van der Waals surface area contributed by atoms with Gasteiger partial charge in [-0.3, -0.25) is 19.8 Å². The van der Waals surface area contributed by atoms with Crippen LogP contribution in [0.2, 0.25) is 0 Å². The Balaban J connectivity index is 1.31. The van der Waals surface area contributed by atoms with Gasteiger partial charge in [-0.2, -0.15) is 0 Å². The van der Waals surface area contributed by atoms with Crippen molar-refractivity contribution in [2.24, 2.45) is 9.98 Å². The zero-order chi connectivity index (χ0) is 17.2. The van der Waals surface area contributed by atoms with Crippen LogP contribution in [0.25, 0.3) is 0 Å². The highest BCUT2D eigenvalue weighted by Crippen LogP contribution is 2.04. The number of benzene rings is 2. The maximum atomic E-state index is 4.53. The van der Waals surface area contributed by atoms with E-state index in [0.29, 0.717) is 0 Å².